The standard InChI is InChI=1S/C13H19F3N2/c1-3-10(8-17-2)9-18-12-6-4-11(5-7-12)13(14,15)16/h4-7,10,17-18H,3,8-9H2,1-2H3. The third-order valence-corrected chi connectivity index (χ3v) is 2.88. The average Bonchev–Trinajstić information content (AvgIpc) is 2.34. The van der Waals surface area contributed by atoms with Crippen LogP contribution in [0.2, 0.25) is 0 Å². The van der Waals surface area contributed by atoms with Crippen LogP contribution in [0, 0.1) is 5.92 Å². The van der Waals surface area contributed by atoms with E-state index in [9.17, 15) is 13.2 Å². The number of benzene rings is 1. The smallest absolute Gasteiger partial charge is 0.385 e. The minimum Gasteiger partial charge on any atom is -0.385 e. The summed E-state index contributed by atoms with van der Waals surface area (Å²) in [5.74, 6) is 0.470. The van der Waals surface area contributed by atoms with Crippen LogP contribution in [-0.2, 0) is 6.18 Å². The fourth-order valence-electron chi connectivity index (χ4n) is 1.69. The van der Waals surface area contributed by atoms with Crippen molar-refractivity contribution in [3.8, 4) is 0 Å². The minimum atomic E-state index is -4.27. The van der Waals surface area contributed by atoms with Crippen LogP contribution in [0.25, 0.3) is 0 Å². The molecule has 1 rings (SSSR count). The Morgan fingerprint density at radius 1 is 1.11 bits per heavy atom. The van der Waals surface area contributed by atoms with Gasteiger partial charge in [-0.15, -0.1) is 0 Å². The van der Waals surface area contributed by atoms with Crippen molar-refractivity contribution in [3.63, 3.8) is 0 Å². The Kier molecular flexibility index (Phi) is 5.47. The molecule has 0 aliphatic heterocycles. The molecule has 102 valence electrons. The monoisotopic (exact) mass is 260 g/mol. The summed E-state index contributed by atoms with van der Waals surface area (Å²) in [6.07, 6.45) is -3.24. The number of nitrogens with one attached hydrogen (secondary N) is 2. The zero-order valence-electron chi connectivity index (χ0n) is 10.6. The largest absolute Gasteiger partial charge is 0.416 e. The van der Waals surface area contributed by atoms with E-state index in [4.69, 9.17) is 0 Å². The summed E-state index contributed by atoms with van der Waals surface area (Å²) >= 11 is 0. The van der Waals surface area contributed by atoms with Crippen molar-refractivity contribution in [2.75, 3.05) is 25.5 Å². The Morgan fingerprint density at radius 2 is 1.72 bits per heavy atom. The van der Waals surface area contributed by atoms with E-state index >= 15 is 0 Å². The Labute approximate surface area is 106 Å². The lowest BCUT2D eigenvalue weighted by atomic mass is 10.1. The van der Waals surface area contributed by atoms with E-state index in [-0.39, 0.29) is 0 Å². The predicted octanol–water partition coefficient (Wildman–Crippen LogP) is 3.36. The van der Waals surface area contributed by atoms with Gasteiger partial charge in [-0.3, -0.25) is 0 Å². The number of hydrogen-bond donors (Lipinski definition) is 2. The minimum absolute atomic E-state index is 0.470. The molecule has 0 aromatic heterocycles. The molecule has 0 amide bonds. The number of anilines is 1. The van der Waals surface area contributed by atoms with Crippen molar-refractivity contribution >= 4 is 5.69 Å². The molecule has 2 N–H and O–H groups in total. The van der Waals surface area contributed by atoms with Gasteiger partial charge < -0.3 is 10.6 Å². The van der Waals surface area contributed by atoms with Crippen LogP contribution in [0.3, 0.4) is 0 Å². The second-order valence-corrected chi connectivity index (χ2v) is 4.29. The van der Waals surface area contributed by atoms with Crippen LogP contribution in [0.5, 0.6) is 0 Å². The first-order chi connectivity index (χ1) is 8.47. The molecule has 1 unspecified atom stereocenters. The molecule has 0 heterocycles. The first-order valence-electron chi connectivity index (χ1n) is 6.03. The van der Waals surface area contributed by atoms with Gasteiger partial charge in [-0.2, -0.15) is 13.2 Å². The quantitative estimate of drug-likeness (QED) is 0.819. The molecule has 0 aliphatic carbocycles. The molecule has 0 saturated heterocycles. The lowest BCUT2D eigenvalue weighted by Crippen LogP contribution is -2.24. The van der Waals surface area contributed by atoms with Gasteiger partial charge in [0.15, 0.2) is 0 Å². The number of alkyl halides is 3. The normalized spacial score (nSPS) is 13.4. The molecule has 0 aliphatic rings. The topological polar surface area (TPSA) is 24.1 Å². The second-order valence-electron chi connectivity index (χ2n) is 4.29. The Bertz CT molecular complexity index is 346. The molecule has 1 aromatic carbocycles. The second kappa shape index (κ2) is 6.64. The Balaban J connectivity index is 2.53. The van der Waals surface area contributed by atoms with Gasteiger partial charge in [0.2, 0.25) is 0 Å². The van der Waals surface area contributed by atoms with Crippen LogP contribution in [0.1, 0.15) is 18.9 Å². The first kappa shape index (κ1) is 14.8. The number of halogens is 3. The van der Waals surface area contributed by atoms with Gasteiger partial charge in [-0.1, -0.05) is 13.3 Å². The molecule has 0 spiro atoms. The van der Waals surface area contributed by atoms with Gasteiger partial charge in [0.25, 0.3) is 0 Å². The van der Waals surface area contributed by atoms with Crippen LogP contribution < -0.4 is 10.6 Å². The van der Waals surface area contributed by atoms with E-state index < -0.39 is 11.7 Å². The van der Waals surface area contributed by atoms with Crippen molar-refractivity contribution in [2.45, 2.75) is 19.5 Å². The van der Waals surface area contributed by atoms with Crippen LogP contribution in [0.15, 0.2) is 24.3 Å². The summed E-state index contributed by atoms with van der Waals surface area (Å²) in [4.78, 5) is 0. The average molecular weight is 260 g/mol. The SMILES string of the molecule is CCC(CNC)CNc1ccc(C(F)(F)F)cc1. The van der Waals surface area contributed by atoms with Crippen molar-refractivity contribution in [1.82, 2.24) is 5.32 Å². The fraction of sp³-hybridized carbons (Fsp3) is 0.538. The zero-order valence-corrected chi connectivity index (χ0v) is 10.6. The summed E-state index contributed by atoms with van der Waals surface area (Å²) in [6.45, 7) is 3.74. The van der Waals surface area contributed by atoms with Gasteiger partial charge in [0, 0.05) is 12.2 Å². The molecule has 18 heavy (non-hydrogen) atoms. The van der Waals surface area contributed by atoms with Gasteiger partial charge in [0.1, 0.15) is 0 Å². The molecule has 5 heteroatoms. The third kappa shape index (κ3) is 4.56. The maximum Gasteiger partial charge on any atom is 0.416 e. The fourth-order valence-corrected chi connectivity index (χ4v) is 1.69. The van der Waals surface area contributed by atoms with E-state index in [2.05, 4.69) is 17.6 Å². The Hall–Kier alpha value is -1.23. The third-order valence-electron chi connectivity index (χ3n) is 2.88. The molecular formula is C13H19F3N2. The lowest BCUT2D eigenvalue weighted by molar-refractivity contribution is -0.137. The highest BCUT2D eigenvalue weighted by Crippen LogP contribution is 2.29. The molecule has 2 nitrogen and oxygen atoms in total. The van der Waals surface area contributed by atoms with E-state index in [0.29, 0.717) is 5.92 Å². The van der Waals surface area contributed by atoms with Crippen molar-refractivity contribution < 1.29 is 13.2 Å². The van der Waals surface area contributed by atoms with Gasteiger partial charge in [-0.25, -0.2) is 0 Å². The zero-order chi connectivity index (χ0) is 13.6. The van der Waals surface area contributed by atoms with E-state index in [1.165, 1.54) is 12.1 Å². The maximum atomic E-state index is 12.4. The van der Waals surface area contributed by atoms with Gasteiger partial charge >= 0.3 is 6.18 Å². The molecular weight excluding hydrogens is 241 g/mol. The molecule has 0 fully saturated rings. The molecule has 1 aromatic rings. The number of hydrogen-bond acceptors (Lipinski definition) is 2. The van der Waals surface area contributed by atoms with E-state index in [1.807, 2.05) is 7.05 Å². The van der Waals surface area contributed by atoms with Crippen LogP contribution in [0.4, 0.5) is 18.9 Å². The lowest BCUT2D eigenvalue weighted by Gasteiger charge is -2.16. The summed E-state index contributed by atoms with van der Waals surface area (Å²) < 4.78 is 37.1. The van der Waals surface area contributed by atoms with E-state index in [1.54, 1.807) is 0 Å². The van der Waals surface area contributed by atoms with Crippen molar-refractivity contribution in [2.24, 2.45) is 5.92 Å². The highest BCUT2D eigenvalue weighted by Gasteiger charge is 2.29. The highest BCUT2D eigenvalue weighted by molar-refractivity contribution is 5.45. The van der Waals surface area contributed by atoms with Crippen LogP contribution >= 0.6 is 0 Å². The Morgan fingerprint density at radius 3 is 2.17 bits per heavy atom. The molecule has 0 radical (unpaired) electrons. The summed E-state index contributed by atoms with van der Waals surface area (Å²) in [6, 6.07) is 5.13. The van der Waals surface area contributed by atoms with Crippen LogP contribution in [-0.4, -0.2) is 20.1 Å². The van der Waals surface area contributed by atoms with Crippen molar-refractivity contribution in [3.05, 3.63) is 29.8 Å². The summed E-state index contributed by atoms with van der Waals surface area (Å²) in [7, 11) is 1.89. The van der Waals surface area contributed by atoms with Gasteiger partial charge in [0.05, 0.1) is 5.56 Å². The first-order valence-corrected chi connectivity index (χ1v) is 6.03. The molecule has 1 atom stereocenters. The van der Waals surface area contributed by atoms with Crippen molar-refractivity contribution in [1.29, 1.82) is 0 Å². The molecule has 0 bridgehead atoms. The summed E-state index contributed by atoms with van der Waals surface area (Å²) in [5, 5.41) is 6.25. The molecule has 0 saturated carbocycles. The predicted molar refractivity (Wildman–Crippen MR) is 67.6 cm³/mol. The van der Waals surface area contributed by atoms with E-state index in [0.717, 1.165) is 37.3 Å². The highest BCUT2D eigenvalue weighted by atomic mass is 19.4. The summed E-state index contributed by atoms with van der Waals surface area (Å²) in [5.41, 5.74) is 0.105. The maximum absolute atomic E-state index is 12.4. The van der Waals surface area contributed by atoms with Gasteiger partial charge in [-0.05, 0) is 43.8 Å². The number of rotatable bonds is 6.